The number of aryl methyl sites for hydroxylation is 2. The zero-order chi connectivity index (χ0) is 16.7. The molecule has 2 aromatic rings. The summed E-state index contributed by atoms with van der Waals surface area (Å²) in [7, 11) is 2.09. The topological polar surface area (TPSA) is 50.1 Å². The number of rotatable bonds is 3. The van der Waals surface area contributed by atoms with Crippen molar-refractivity contribution in [1.29, 1.82) is 0 Å². The van der Waals surface area contributed by atoms with E-state index in [0.717, 1.165) is 44.2 Å². The fourth-order valence-electron chi connectivity index (χ4n) is 4.00. The van der Waals surface area contributed by atoms with Crippen molar-refractivity contribution >= 4 is 5.82 Å². The summed E-state index contributed by atoms with van der Waals surface area (Å²) in [6.45, 7) is 9.33. The van der Waals surface area contributed by atoms with Crippen LogP contribution in [0.3, 0.4) is 0 Å². The third kappa shape index (κ3) is 2.69. The molecule has 1 aliphatic carbocycles. The highest BCUT2D eigenvalue weighted by atomic mass is 15.3. The molecule has 1 aliphatic heterocycles. The summed E-state index contributed by atoms with van der Waals surface area (Å²) in [6, 6.07) is 0. The minimum atomic E-state index is 0.985. The molecule has 0 radical (unpaired) electrons. The van der Waals surface area contributed by atoms with Crippen LogP contribution >= 0.6 is 0 Å². The van der Waals surface area contributed by atoms with Crippen LogP contribution in [0.15, 0.2) is 6.33 Å². The number of hydrogen-bond donors (Lipinski definition) is 0. The predicted octanol–water partition coefficient (Wildman–Crippen LogP) is 1.64. The van der Waals surface area contributed by atoms with Gasteiger partial charge < -0.3 is 4.90 Å². The predicted molar refractivity (Wildman–Crippen MR) is 94.2 cm³/mol. The van der Waals surface area contributed by atoms with Crippen LogP contribution in [0, 0.1) is 13.8 Å². The Hall–Kier alpha value is -1.95. The first-order chi connectivity index (χ1) is 11.6. The van der Waals surface area contributed by atoms with Gasteiger partial charge in [0.25, 0.3) is 0 Å². The van der Waals surface area contributed by atoms with Crippen LogP contribution in [0.1, 0.15) is 34.6 Å². The highest BCUT2D eigenvalue weighted by molar-refractivity contribution is 5.47. The fourth-order valence-corrected chi connectivity index (χ4v) is 4.00. The van der Waals surface area contributed by atoms with Crippen molar-refractivity contribution in [2.24, 2.45) is 7.05 Å². The lowest BCUT2D eigenvalue weighted by Gasteiger charge is -2.35. The van der Waals surface area contributed by atoms with Gasteiger partial charge in [-0.25, -0.2) is 9.97 Å². The van der Waals surface area contributed by atoms with Crippen molar-refractivity contribution in [1.82, 2.24) is 24.6 Å². The van der Waals surface area contributed by atoms with Crippen LogP contribution in [0.2, 0.25) is 0 Å². The molecule has 1 saturated heterocycles. The average molecular weight is 326 g/mol. The third-order valence-electron chi connectivity index (χ3n) is 5.55. The molecule has 2 aliphatic rings. The molecule has 128 valence electrons. The molecule has 1 fully saturated rings. The summed E-state index contributed by atoms with van der Waals surface area (Å²) >= 11 is 0. The first kappa shape index (κ1) is 15.6. The van der Waals surface area contributed by atoms with Crippen LogP contribution < -0.4 is 4.90 Å². The number of piperazine rings is 1. The van der Waals surface area contributed by atoms with Crippen molar-refractivity contribution in [3.8, 4) is 0 Å². The minimum absolute atomic E-state index is 0.985. The quantitative estimate of drug-likeness (QED) is 0.858. The Labute approximate surface area is 143 Å². The Morgan fingerprint density at radius 2 is 1.83 bits per heavy atom. The van der Waals surface area contributed by atoms with E-state index in [0.29, 0.717) is 0 Å². The Balaban J connectivity index is 1.42. The fraction of sp³-hybridized carbons (Fsp3) is 0.611. The van der Waals surface area contributed by atoms with E-state index in [1.807, 2.05) is 0 Å². The molecule has 0 spiro atoms. The second kappa shape index (κ2) is 6.16. The molecule has 0 N–H and O–H groups in total. The molecule has 0 atom stereocenters. The smallest absolute Gasteiger partial charge is 0.135 e. The van der Waals surface area contributed by atoms with Gasteiger partial charge >= 0.3 is 0 Å². The van der Waals surface area contributed by atoms with Crippen LogP contribution in [-0.2, 0) is 26.4 Å². The van der Waals surface area contributed by atoms with Crippen molar-refractivity contribution < 1.29 is 0 Å². The molecule has 0 unspecified atom stereocenters. The van der Waals surface area contributed by atoms with Crippen LogP contribution in [0.5, 0.6) is 0 Å². The Kier molecular flexibility index (Phi) is 4.00. The first-order valence-corrected chi connectivity index (χ1v) is 8.92. The molecule has 0 aromatic carbocycles. The van der Waals surface area contributed by atoms with Gasteiger partial charge in [-0.3, -0.25) is 9.58 Å². The van der Waals surface area contributed by atoms with E-state index in [2.05, 4.69) is 45.3 Å². The maximum Gasteiger partial charge on any atom is 0.135 e. The van der Waals surface area contributed by atoms with Gasteiger partial charge in [0, 0.05) is 56.7 Å². The lowest BCUT2D eigenvalue weighted by atomic mass is 10.1. The molecule has 6 heteroatoms. The largest absolute Gasteiger partial charge is 0.354 e. The SMILES string of the molecule is Cc1ncnc(N2CCN(Cc3nn(C)c4c3CCC4)CC2)c1C. The zero-order valence-corrected chi connectivity index (χ0v) is 14.9. The van der Waals surface area contributed by atoms with Crippen molar-refractivity contribution in [3.05, 3.63) is 34.5 Å². The normalized spacial score (nSPS) is 18.2. The minimum Gasteiger partial charge on any atom is -0.354 e. The van der Waals surface area contributed by atoms with Crippen LogP contribution in [0.4, 0.5) is 5.82 Å². The van der Waals surface area contributed by atoms with Crippen LogP contribution in [0.25, 0.3) is 0 Å². The highest BCUT2D eigenvalue weighted by Gasteiger charge is 2.25. The van der Waals surface area contributed by atoms with E-state index < -0.39 is 0 Å². The molecule has 2 aromatic heterocycles. The number of anilines is 1. The van der Waals surface area contributed by atoms with Gasteiger partial charge in [0.1, 0.15) is 12.1 Å². The van der Waals surface area contributed by atoms with E-state index in [1.165, 1.54) is 41.8 Å². The molecular weight excluding hydrogens is 300 g/mol. The summed E-state index contributed by atoms with van der Waals surface area (Å²) in [5, 5.41) is 4.77. The summed E-state index contributed by atoms with van der Waals surface area (Å²) in [5.41, 5.74) is 6.55. The second-order valence-electron chi connectivity index (χ2n) is 7.02. The van der Waals surface area contributed by atoms with E-state index in [-0.39, 0.29) is 0 Å². The van der Waals surface area contributed by atoms with Crippen molar-refractivity contribution in [3.63, 3.8) is 0 Å². The number of nitrogens with zero attached hydrogens (tertiary/aromatic N) is 6. The molecule has 0 saturated carbocycles. The van der Waals surface area contributed by atoms with Gasteiger partial charge in [0.2, 0.25) is 0 Å². The van der Waals surface area contributed by atoms with E-state index >= 15 is 0 Å². The lowest BCUT2D eigenvalue weighted by molar-refractivity contribution is 0.245. The van der Waals surface area contributed by atoms with Gasteiger partial charge in [-0.1, -0.05) is 0 Å². The van der Waals surface area contributed by atoms with Crippen molar-refractivity contribution in [2.45, 2.75) is 39.7 Å². The number of fused-ring (bicyclic) bond motifs is 1. The summed E-state index contributed by atoms with van der Waals surface area (Å²) < 4.78 is 2.10. The maximum absolute atomic E-state index is 4.77. The van der Waals surface area contributed by atoms with Crippen LogP contribution in [-0.4, -0.2) is 50.8 Å². The molecule has 0 bridgehead atoms. The van der Waals surface area contributed by atoms with Gasteiger partial charge in [-0.15, -0.1) is 0 Å². The molecule has 4 rings (SSSR count). The molecule has 24 heavy (non-hydrogen) atoms. The lowest BCUT2D eigenvalue weighted by Crippen LogP contribution is -2.46. The first-order valence-electron chi connectivity index (χ1n) is 8.92. The standard InChI is InChI=1S/C18H26N6/c1-13-14(2)19-12-20-18(13)24-9-7-23(8-10-24)11-16-15-5-4-6-17(15)22(3)21-16/h12H,4-11H2,1-3H3. The Morgan fingerprint density at radius 1 is 1.04 bits per heavy atom. The maximum atomic E-state index is 4.77. The third-order valence-corrected chi connectivity index (χ3v) is 5.55. The number of aromatic nitrogens is 4. The molecule has 0 amide bonds. The Morgan fingerprint density at radius 3 is 2.62 bits per heavy atom. The summed E-state index contributed by atoms with van der Waals surface area (Å²) in [4.78, 5) is 13.7. The number of hydrogen-bond acceptors (Lipinski definition) is 5. The van der Waals surface area contributed by atoms with E-state index in [1.54, 1.807) is 6.33 Å². The van der Waals surface area contributed by atoms with E-state index in [4.69, 9.17) is 5.10 Å². The van der Waals surface area contributed by atoms with E-state index in [9.17, 15) is 0 Å². The Bertz CT molecular complexity index is 742. The van der Waals surface area contributed by atoms with Gasteiger partial charge in [0.05, 0.1) is 5.69 Å². The second-order valence-corrected chi connectivity index (χ2v) is 7.02. The van der Waals surface area contributed by atoms with Gasteiger partial charge in [-0.2, -0.15) is 5.10 Å². The zero-order valence-electron chi connectivity index (χ0n) is 14.9. The summed E-state index contributed by atoms with van der Waals surface area (Å²) in [6.07, 6.45) is 5.37. The average Bonchev–Trinajstić information content (AvgIpc) is 3.17. The monoisotopic (exact) mass is 326 g/mol. The van der Waals surface area contributed by atoms with Gasteiger partial charge in [0.15, 0.2) is 0 Å². The highest BCUT2D eigenvalue weighted by Crippen LogP contribution is 2.26. The molecular formula is C18H26N6. The molecule has 6 nitrogen and oxygen atoms in total. The molecule has 3 heterocycles. The van der Waals surface area contributed by atoms with Gasteiger partial charge in [-0.05, 0) is 38.7 Å². The summed E-state index contributed by atoms with van der Waals surface area (Å²) in [5.74, 6) is 1.10. The van der Waals surface area contributed by atoms with Crippen molar-refractivity contribution in [2.75, 3.05) is 31.1 Å².